The summed E-state index contributed by atoms with van der Waals surface area (Å²) in [6, 6.07) is 4.93. The molecule has 0 spiro atoms. The number of carbonyl (C=O) groups is 1. The van der Waals surface area contributed by atoms with Gasteiger partial charge in [0.25, 0.3) is 0 Å². The minimum atomic E-state index is -0.232. The number of nitrogens with zero attached hydrogens (tertiary/aromatic N) is 1. The normalized spacial score (nSPS) is 17.8. The third-order valence-electron chi connectivity index (χ3n) is 4.39. The number of hydrogen-bond donors (Lipinski definition) is 2. The maximum atomic E-state index is 13.6. The molecular weight excluding hydrogens is 269 g/mol. The van der Waals surface area contributed by atoms with Gasteiger partial charge in [-0.15, -0.1) is 0 Å². The summed E-state index contributed by atoms with van der Waals surface area (Å²) in [5.74, 6) is 4.77. The van der Waals surface area contributed by atoms with Crippen molar-refractivity contribution in [2.24, 2.45) is 11.8 Å². The van der Waals surface area contributed by atoms with Gasteiger partial charge in [0.2, 0.25) is 5.91 Å². The lowest BCUT2D eigenvalue weighted by atomic mass is 9.86. The van der Waals surface area contributed by atoms with Gasteiger partial charge in [-0.3, -0.25) is 10.2 Å². The van der Waals surface area contributed by atoms with Gasteiger partial charge in [0.15, 0.2) is 0 Å². The molecule has 112 valence electrons. The predicted molar refractivity (Wildman–Crippen MR) is 80.0 cm³/mol. The Kier molecular flexibility index (Phi) is 3.68. The smallest absolute Gasteiger partial charge is 0.237 e. The standard InChI is InChI=1S/C16H20FN3O/c1-2-7-20-14-5-3-10(16(21)19-18)8-12(14)13-9-11(17)4-6-15(13)20/h4,6,9-10H,2-3,5,7-8,18H2,1H3,(H,19,21). The van der Waals surface area contributed by atoms with Gasteiger partial charge < -0.3 is 4.57 Å². The van der Waals surface area contributed by atoms with Crippen LogP contribution in [0.4, 0.5) is 4.39 Å². The van der Waals surface area contributed by atoms with E-state index in [-0.39, 0.29) is 17.6 Å². The van der Waals surface area contributed by atoms with E-state index in [1.807, 2.05) is 6.07 Å². The highest BCUT2D eigenvalue weighted by atomic mass is 19.1. The van der Waals surface area contributed by atoms with Gasteiger partial charge in [-0.1, -0.05) is 6.92 Å². The third kappa shape index (κ3) is 2.31. The first-order valence-electron chi connectivity index (χ1n) is 7.45. The molecule has 1 aliphatic carbocycles. The molecule has 0 fully saturated rings. The monoisotopic (exact) mass is 289 g/mol. The van der Waals surface area contributed by atoms with E-state index in [0.29, 0.717) is 6.42 Å². The summed E-state index contributed by atoms with van der Waals surface area (Å²) in [5, 5.41) is 0.938. The number of rotatable bonds is 3. The van der Waals surface area contributed by atoms with Crippen molar-refractivity contribution in [3.63, 3.8) is 0 Å². The maximum Gasteiger partial charge on any atom is 0.237 e. The topological polar surface area (TPSA) is 60.0 Å². The zero-order chi connectivity index (χ0) is 15.0. The molecule has 1 aliphatic rings. The number of aromatic nitrogens is 1. The minimum absolute atomic E-state index is 0.119. The number of benzene rings is 1. The Morgan fingerprint density at radius 2 is 2.33 bits per heavy atom. The fraction of sp³-hybridized carbons (Fsp3) is 0.438. The summed E-state index contributed by atoms with van der Waals surface area (Å²) in [4.78, 5) is 11.8. The molecule has 1 aromatic carbocycles. The fourth-order valence-electron chi connectivity index (χ4n) is 3.44. The molecule has 1 heterocycles. The van der Waals surface area contributed by atoms with Gasteiger partial charge >= 0.3 is 0 Å². The molecular formula is C16H20FN3O. The SMILES string of the molecule is CCCn1c2c(c3cc(F)ccc31)CC(C(=O)NN)CC2. The maximum absolute atomic E-state index is 13.6. The number of nitrogens with one attached hydrogen (secondary N) is 1. The van der Waals surface area contributed by atoms with Gasteiger partial charge in [0, 0.05) is 29.1 Å². The van der Waals surface area contributed by atoms with Crippen molar-refractivity contribution < 1.29 is 9.18 Å². The second kappa shape index (κ2) is 5.48. The minimum Gasteiger partial charge on any atom is -0.344 e. The molecule has 0 saturated carbocycles. The largest absolute Gasteiger partial charge is 0.344 e. The van der Waals surface area contributed by atoms with E-state index in [0.717, 1.165) is 42.3 Å². The number of fused-ring (bicyclic) bond motifs is 3. The first-order valence-corrected chi connectivity index (χ1v) is 7.45. The van der Waals surface area contributed by atoms with E-state index in [1.54, 1.807) is 6.07 Å². The van der Waals surface area contributed by atoms with Gasteiger partial charge in [-0.05, 0) is 49.4 Å². The van der Waals surface area contributed by atoms with Crippen LogP contribution in [0.2, 0.25) is 0 Å². The zero-order valence-corrected chi connectivity index (χ0v) is 12.2. The Morgan fingerprint density at radius 3 is 3.05 bits per heavy atom. The molecule has 2 aromatic rings. The lowest BCUT2D eigenvalue weighted by molar-refractivity contribution is -0.125. The van der Waals surface area contributed by atoms with Crippen molar-refractivity contribution in [2.75, 3.05) is 0 Å². The summed E-state index contributed by atoms with van der Waals surface area (Å²) in [6.45, 7) is 3.06. The number of nitrogens with two attached hydrogens (primary N) is 1. The van der Waals surface area contributed by atoms with Crippen LogP contribution in [-0.2, 0) is 24.2 Å². The van der Waals surface area contributed by atoms with Crippen LogP contribution in [0.3, 0.4) is 0 Å². The van der Waals surface area contributed by atoms with Crippen molar-refractivity contribution in [2.45, 2.75) is 39.2 Å². The lowest BCUT2D eigenvalue weighted by Crippen LogP contribution is -2.38. The molecule has 1 aromatic heterocycles. The van der Waals surface area contributed by atoms with Crippen LogP contribution in [-0.4, -0.2) is 10.5 Å². The summed E-state index contributed by atoms with van der Waals surface area (Å²) < 4.78 is 15.9. The number of aryl methyl sites for hydroxylation is 1. The molecule has 4 nitrogen and oxygen atoms in total. The van der Waals surface area contributed by atoms with E-state index in [1.165, 1.54) is 11.8 Å². The van der Waals surface area contributed by atoms with Crippen molar-refractivity contribution in [1.29, 1.82) is 0 Å². The molecule has 0 bridgehead atoms. The fourth-order valence-corrected chi connectivity index (χ4v) is 3.44. The number of amides is 1. The average molecular weight is 289 g/mol. The quantitative estimate of drug-likeness (QED) is 0.517. The van der Waals surface area contributed by atoms with Gasteiger partial charge in [0.1, 0.15) is 5.82 Å². The average Bonchev–Trinajstić information content (AvgIpc) is 2.80. The molecule has 0 aliphatic heterocycles. The van der Waals surface area contributed by atoms with E-state index >= 15 is 0 Å². The van der Waals surface area contributed by atoms with Crippen molar-refractivity contribution in [3.8, 4) is 0 Å². The van der Waals surface area contributed by atoms with Crippen LogP contribution in [0.1, 0.15) is 31.0 Å². The molecule has 0 radical (unpaired) electrons. The van der Waals surface area contributed by atoms with E-state index < -0.39 is 0 Å². The predicted octanol–water partition coefficient (Wildman–Crippen LogP) is 2.29. The molecule has 1 unspecified atom stereocenters. The second-order valence-corrected chi connectivity index (χ2v) is 5.69. The molecule has 0 saturated heterocycles. The van der Waals surface area contributed by atoms with Crippen molar-refractivity contribution in [3.05, 3.63) is 35.3 Å². The second-order valence-electron chi connectivity index (χ2n) is 5.69. The highest BCUT2D eigenvalue weighted by Gasteiger charge is 2.28. The number of halogens is 1. The lowest BCUT2D eigenvalue weighted by Gasteiger charge is -2.22. The van der Waals surface area contributed by atoms with Crippen LogP contribution in [0, 0.1) is 11.7 Å². The Morgan fingerprint density at radius 1 is 1.52 bits per heavy atom. The van der Waals surface area contributed by atoms with Crippen molar-refractivity contribution >= 4 is 16.8 Å². The van der Waals surface area contributed by atoms with Crippen molar-refractivity contribution in [1.82, 2.24) is 9.99 Å². The van der Waals surface area contributed by atoms with Gasteiger partial charge in [0.05, 0.1) is 0 Å². The summed E-state index contributed by atoms with van der Waals surface area (Å²) in [5.41, 5.74) is 5.66. The molecule has 1 amide bonds. The summed E-state index contributed by atoms with van der Waals surface area (Å²) in [6.07, 6.45) is 3.29. The molecule has 21 heavy (non-hydrogen) atoms. The first-order chi connectivity index (χ1) is 10.2. The van der Waals surface area contributed by atoms with Crippen LogP contribution in [0.5, 0.6) is 0 Å². The van der Waals surface area contributed by atoms with Crippen LogP contribution >= 0.6 is 0 Å². The highest BCUT2D eigenvalue weighted by Crippen LogP contribution is 2.35. The zero-order valence-electron chi connectivity index (χ0n) is 12.2. The van der Waals surface area contributed by atoms with Gasteiger partial charge in [-0.2, -0.15) is 0 Å². The van der Waals surface area contributed by atoms with Crippen LogP contribution in [0.15, 0.2) is 18.2 Å². The van der Waals surface area contributed by atoms with E-state index in [4.69, 9.17) is 5.84 Å². The summed E-state index contributed by atoms with van der Waals surface area (Å²) >= 11 is 0. The van der Waals surface area contributed by atoms with E-state index in [9.17, 15) is 9.18 Å². The third-order valence-corrected chi connectivity index (χ3v) is 4.39. The Hall–Kier alpha value is -1.88. The Labute approximate surface area is 123 Å². The number of carbonyl (C=O) groups excluding carboxylic acids is 1. The summed E-state index contributed by atoms with van der Waals surface area (Å²) in [7, 11) is 0. The highest BCUT2D eigenvalue weighted by molar-refractivity contribution is 5.87. The molecule has 3 rings (SSSR count). The molecule has 5 heteroatoms. The Balaban J connectivity index is 2.13. The van der Waals surface area contributed by atoms with Crippen LogP contribution < -0.4 is 11.3 Å². The first kappa shape index (κ1) is 14.1. The number of hydrogen-bond acceptors (Lipinski definition) is 2. The molecule has 3 N–H and O–H groups in total. The Bertz CT molecular complexity index is 692. The number of hydrazine groups is 1. The van der Waals surface area contributed by atoms with E-state index in [2.05, 4.69) is 16.9 Å². The van der Waals surface area contributed by atoms with Gasteiger partial charge in [-0.25, -0.2) is 10.2 Å². The van der Waals surface area contributed by atoms with Crippen LogP contribution in [0.25, 0.3) is 10.9 Å². The molecule has 1 atom stereocenters.